The van der Waals surface area contributed by atoms with Gasteiger partial charge in [-0.25, -0.2) is 8.42 Å². The molecule has 1 aromatic rings. The van der Waals surface area contributed by atoms with Gasteiger partial charge in [0.2, 0.25) is 0 Å². The van der Waals surface area contributed by atoms with E-state index in [4.69, 9.17) is 0 Å². The maximum atomic E-state index is 12.3. The lowest BCUT2D eigenvalue weighted by molar-refractivity contribution is 0.300. The number of nitrogens with zero attached hydrogens (tertiary/aromatic N) is 1. The molecule has 7 heteroatoms. The number of rotatable bonds is 2. The van der Waals surface area contributed by atoms with Crippen LogP contribution in [0.25, 0.3) is 0 Å². The van der Waals surface area contributed by atoms with Crippen molar-refractivity contribution in [1.29, 1.82) is 0 Å². The summed E-state index contributed by atoms with van der Waals surface area (Å²) in [4.78, 5) is 0.245. The largest absolute Gasteiger partial charge is 0.252 e. The molecule has 3 nitrogen and oxygen atoms in total. The summed E-state index contributed by atoms with van der Waals surface area (Å²) in [5.74, 6) is 0.525. The van der Waals surface area contributed by atoms with Crippen LogP contribution in [0, 0.1) is 5.92 Å². The lowest BCUT2D eigenvalue weighted by Gasteiger charge is -2.32. The van der Waals surface area contributed by atoms with Crippen LogP contribution in [0.4, 0.5) is 0 Å². The molecule has 2 rings (SSSR count). The van der Waals surface area contributed by atoms with Crippen molar-refractivity contribution in [3.63, 3.8) is 0 Å². The predicted molar refractivity (Wildman–Crippen MR) is 77.3 cm³/mol. The van der Waals surface area contributed by atoms with Crippen LogP contribution < -0.4 is 0 Å². The molecule has 2 atom stereocenters. The van der Waals surface area contributed by atoms with Gasteiger partial charge in [0.25, 0.3) is 10.0 Å². The van der Waals surface area contributed by atoms with Gasteiger partial charge in [0, 0.05) is 17.9 Å². The van der Waals surface area contributed by atoms with Crippen LogP contribution in [-0.2, 0) is 10.0 Å². The molecule has 1 aliphatic heterocycles. The van der Waals surface area contributed by atoms with Crippen molar-refractivity contribution < 1.29 is 8.42 Å². The molecule has 0 amide bonds. The van der Waals surface area contributed by atoms with Crippen LogP contribution in [0.5, 0.6) is 0 Å². The van der Waals surface area contributed by atoms with E-state index >= 15 is 0 Å². The standard InChI is InChI=1S/C10H13Br2NO2S2/c1-7-4-5-13(6-8(7)11)17(14,15)10-3-2-9(12)16-10/h2-3,7-8H,4-6H2,1H3. The fourth-order valence-corrected chi connectivity index (χ4v) is 6.23. The first-order valence-corrected chi connectivity index (χ1v) is 9.27. The summed E-state index contributed by atoms with van der Waals surface area (Å²) < 4.78 is 27.5. The Morgan fingerprint density at radius 1 is 1.47 bits per heavy atom. The number of hydrogen-bond acceptors (Lipinski definition) is 3. The van der Waals surface area contributed by atoms with E-state index in [1.807, 2.05) is 0 Å². The first-order valence-electron chi connectivity index (χ1n) is 5.31. The van der Waals surface area contributed by atoms with Crippen molar-refractivity contribution >= 4 is 53.2 Å². The molecule has 1 aromatic heterocycles. The highest BCUT2D eigenvalue weighted by Gasteiger charge is 2.33. The summed E-state index contributed by atoms with van der Waals surface area (Å²) >= 11 is 8.11. The van der Waals surface area contributed by atoms with E-state index in [-0.39, 0.29) is 4.83 Å². The second kappa shape index (κ2) is 5.28. The third-order valence-electron chi connectivity index (χ3n) is 2.97. The Bertz CT molecular complexity index is 500. The number of thiophene rings is 1. The van der Waals surface area contributed by atoms with Gasteiger partial charge in [0.1, 0.15) is 4.21 Å². The molecule has 1 saturated heterocycles. The zero-order valence-corrected chi connectivity index (χ0v) is 14.1. The first kappa shape index (κ1) is 14.0. The average Bonchev–Trinajstić information content (AvgIpc) is 2.69. The van der Waals surface area contributed by atoms with E-state index in [1.165, 1.54) is 11.3 Å². The summed E-state index contributed by atoms with van der Waals surface area (Å²) in [6.45, 7) is 3.31. The molecule has 17 heavy (non-hydrogen) atoms. The molecule has 0 saturated carbocycles. The molecule has 1 aliphatic rings. The normalized spacial score (nSPS) is 27.2. The van der Waals surface area contributed by atoms with Crippen LogP contribution in [0.1, 0.15) is 13.3 Å². The highest BCUT2D eigenvalue weighted by Crippen LogP contribution is 2.32. The van der Waals surface area contributed by atoms with Crippen molar-refractivity contribution in [2.24, 2.45) is 5.92 Å². The average molecular weight is 403 g/mol. The van der Waals surface area contributed by atoms with Crippen LogP contribution in [0.3, 0.4) is 0 Å². The molecule has 0 aromatic carbocycles. The van der Waals surface area contributed by atoms with Crippen LogP contribution >= 0.6 is 43.2 Å². The summed E-state index contributed by atoms with van der Waals surface area (Å²) in [5, 5.41) is 0. The van der Waals surface area contributed by atoms with E-state index in [0.717, 1.165) is 10.2 Å². The summed E-state index contributed by atoms with van der Waals surface area (Å²) in [5.41, 5.74) is 0. The number of halogens is 2. The smallest absolute Gasteiger partial charge is 0.206 e. The monoisotopic (exact) mass is 401 g/mol. The minimum Gasteiger partial charge on any atom is -0.206 e. The SMILES string of the molecule is CC1CCN(S(=O)(=O)c2ccc(Br)s2)CC1Br. The van der Waals surface area contributed by atoms with E-state index in [9.17, 15) is 8.42 Å². The molecule has 0 N–H and O–H groups in total. The van der Waals surface area contributed by atoms with Crippen LogP contribution in [0.15, 0.2) is 20.1 Å². The zero-order valence-electron chi connectivity index (χ0n) is 9.27. The number of hydrogen-bond donors (Lipinski definition) is 0. The highest BCUT2D eigenvalue weighted by atomic mass is 79.9. The Balaban J connectivity index is 2.22. The van der Waals surface area contributed by atoms with Gasteiger partial charge in [0.05, 0.1) is 3.79 Å². The summed E-state index contributed by atoms with van der Waals surface area (Å²) in [7, 11) is -3.31. The highest BCUT2D eigenvalue weighted by molar-refractivity contribution is 9.11. The number of alkyl halides is 1. The molecule has 0 spiro atoms. The molecule has 0 bridgehead atoms. The molecule has 2 heterocycles. The van der Waals surface area contributed by atoms with Gasteiger partial charge in [-0.1, -0.05) is 22.9 Å². The van der Waals surface area contributed by atoms with Gasteiger partial charge < -0.3 is 0 Å². The molecule has 0 aliphatic carbocycles. The third-order valence-corrected chi connectivity index (χ3v) is 8.12. The predicted octanol–water partition coefficient (Wildman–Crippen LogP) is 3.30. The quantitative estimate of drug-likeness (QED) is 0.711. The molecular weight excluding hydrogens is 390 g/mol. The minimum absolute atomic E-state index is 0.245. The van der Waals surface area contributed by atoms with Gasteiger partial charge >= 0.3 is 0 Å². The Kier molecular flexibility index (Phi) is 4.35. The van der Waals surface area contributed by atoms with E-state index in [1.54, 1.807) is 16.4 Å². The van der Waals surface area contributed by atoms with Crippen LogP contribution in [0.2, 0.25) is 0 Å². The third kappa shape index (κ3) is 2.94. The zero-order chi connectivity index (χ0) is 12.6. The summed E-state index contributed by atoms with van der Waals surface area (Å²) in [6, 6.07) is 3.43. The van der Waals surface area contributed by atoms with Gasteiger partial charge in [-0.3, -0.25) is 0 Å². The second-order valence-corrected chi connectivity index (χ2v) is 10.0. The van der Waals surface area contributed by atoms with Crippen molar-refractivity contribution in [3.8, 4) is 0 Å². The molecule has 1 fully saturated rings. The Labute approximate surface area is 123 Å². The van der Waals surface area contributed by atoms with E-state index in [0.29, 0.717) is 23.2 Å². The maximum absolute atomic E-state index is 12.3. The maximum Gasteiger partial charge on any atom is 0.252 e. The Morgan fingerprint density at radius 2 is 2.18 bits per heavy atom. The minimum atomic E-state index is -3.31. The van der Waals surface area contributed by atoms with Gasteiger partial charge in [-0.15, -0.1) is 11.3 Å². The van der Waals surface area contributed by atoms with Gasteiger partial charge in [-0.05, 0) is 40.4 Å². The van der Waals surface area contributed by atoms with Gasteiger partial charge in [0.15, 0.2) is 0 Å². The second-order valence-electron chi connectivity index (χ2n) is 4.20. The molecule has 0 radical (unpaired) electrons. The van der Waals surface area contributed by atoms with Crippen molar-refractivity contribution in [1.82, 2.24) is 4.31 Å². The Hall–Kier alpha value is 0.570. The molecular formula is C10H13Br2NO2S2. The topological polar surface area (TPSA) is 37.4 Å². The molecule has 96 valence electrons. The van der Waals surface area contributed by atoms with Gasteiger partial charge in [-0.2, -0.15) is 4.31 Å². The van der Waals surface area contributed by atoms with Crippen LogP contribution in [-0.4, -0.2) is 30.6 Å². The fourth-order valence-electron chi connectivity index (χ4n) is 1.78. The fraction of sp³-hybridized carbons (Fsp3) is 0.600. The number of sulfonamides is 1. The van der Waals surface area contributed by atoms with Crippen molar-refractivity contribution in [2.75, 3.05) is 13.1 Å². The van der Waals surface area contributed by atoms with E-state index < -0.39 is 10.0 Å². The first-order chi connectivity index (χ1) is 7.91. The van der Waals surface area contributed by atoms with Crippen molar-refractivity contribution in [3.05, 3.63) is 15.9 Å². The number of piperidine rings is 1. The lowest BCUT2D eigenvalue weighted by atomic mass is 10.0. The van der Waals surface area contributed by atoms with Crippen molar-refractivity contribution in [2.45, 2.75) is 22.4 Å². The van der Waals surface area contributed by atoms with E-state index in [2.05, 4.69) is 38.8 Å². The summed E-state index contributed by atoms with van der Waals surface area (Å²) in [6.07, 6.45) is 0.904. The Morgan fingerprint density at radius 3 is 2.71 bits per heavy atom. The lowest BCUT2D eigenvalue weighted by Crippen LogP contribution is -2.43. The molecule has 2 unspecified atom stereocenters.